The first-order chi connectivity index (χ1) is 7.92. The summed E-state index contributed by atoms with van der Waals surface area (Å²) < 4.78 is 5.16. The number of carbonyl (C=O) groups is 1. The summed E-state index contributed by atoms with van der Waals surface area (Å²) in [5, 5.41) is 2.63. The van der Waals surface area contributed by atoms with Gasteiger partial charge in [0.1, 0.15) is 11.4 Å². The Kier molecular flexibility index (Phi) is 4.26. The molecule has 0 aromatic carbocycles. The lowest BCUT2D eigenvalue weighted by atomic mass is 10.2. The summed E-state index contributed by atoms with van der Waals surface area (Å²) in [6, 6.07) is 3.71. The van der Waals surface area contributed by atoms with E-state index in [4.69, 9.17) is 4.74 Å². The van der Waals surface area contributed by atoms with Gasteiger partial charge in [-0.25, -0.2) is 9.78 Å². The zero-order chi connectivity index (χ0) is 12.9. The number of anilines is 1. The smallest absolute Gasteiger partial charge is 0.413 e. The first-order valence-electron chi connectivity index (χ1n) is 5.47. The number of pyridine rings is 1. The minimum atomic E-state index is -0.516. The van der Waals surface area contributed by atoms with Gasteiger partial charge in [0.05, 0.1) is 0 Å². The van der Waals surface area contributed by atoms with Crippen molar-refractivity contribution in [1.82, 2.24) is 4.98 Å². The molecule has 1 heterocycles. The number of nitrogens with zero attached hydrogens (tertiary/aromatic N) is 1. The molecule has 0 unspecified atom stereocenters. The fourth-order valence-electron chi connectivity index (χ4n) is 1.27. The van der Waals surface area contributed by atoms with Crippen LogP contribution in [0.15, 0.2) is 31.0 Å². The van der Waals surface area contributed by atoms with Gasteiger partial charge in [0.2, 0.25) is 0 Å². The maximum Gasteiger partial charge on any atom is 0.413 e. The average Bonchev–Trinajstić information content (AvgIpc) is 2.18. The van der Waals surface area contributed by atoms with Gasteiger partial charge in [0.25, 0.3) is 0 Å². The second-order valence-electron chi connectivity index (χ2n) is 4.63. The Hall–Kier alpha value is -1.84. The summed E-state index contributed by atoms with van der Waals surface area (Å²) in [5.41, 5.74) is 0.394. The predicted octanol–water partition coefficient (Wildman–Crippen LogP) is 3.16. The van der Waals surface area contributed by atoms with Crippen molar-refractivity contribution in [3.05, 3.63) is 36.5 Å². The Bertz CT molecular complexity index is 408. The summed E-state index contributed by atoms with van der Waals surface area (Å²) in [6.45, 7) is 9.11. The normalized spacial score (nSPS) is 10.8. The van der Waals surface area contributed by atoms with Crippen molar-refractivity contribution in [3.8, 4) is 0 Å². The van der Waals surface area contributed by atoms with E-state index >= 15 is 0 Å². The molecule has 1 amide bonds. The van der Waals surface area contributed by atoms with Gasteiger partial charge in [0, 0.05) is 6.20 Å². The molecule has 0 spiro atoms. The SMILES string of the molecule is C=CCc1cccnc1NC(=O)OC(C)(C)C. The highest BCUT2D eigenvalue weighted by Gasteiger charge is 2.17. The van der Waals surface area contributed by atoms with Gasteiger partial charge < -0.3 is 4.74 Å². The van der Waals surface area contributed by atoms with E-state index in [2.05, 4.69) is 16.9 Å². The maximum absolute atomic E-state index is 11.6. The Labute approximate surface area is 102 Å². The van der Waals surface area contributed by atoms with Crippen LogP contribution in [0, 0.1) is 0 Å². The van der Waals surface area contributed by atoms with Crippen molar-refractivity contribution < 1.29 is 9.53 Å². The van der Waals surface area contributed by atoms with E-state index in [-0.39, 0.29) is 0 Å². The number of carbonyl (C=O) groups excluding carboxylic acids is 1. The molecule has 0 fully saturated rings. The zero-order valence-corrected chi connectivity index (χ0v) is 10.5. The minimum absolute atomic E-state index is 0.499. The van der Waals surface area contributed by atoms with E-state index in [0.29, 0.717) is 12.2 Å². The molecule has 1 rings (SSSR count). The number of amides is 1. The first kappa shape index (κ1) is 13.2. The number of rotatable bonds is 3. The maximum atomic E-state index is 11.6. The molecule has 1 N–H and O–H groups in total. The summed E-state index contributed by atoms with van der Waals surface area (Å²) in [5.74, 6) is 0.515. The number of nitrogens with one attached hydrogen (secondary N) is 1. The van der Waals surface area contributed by atoms with Gasteiger partial charge in [-0.3, -0.25) is 5.32 Å². The van der Waals surface area contributed by atoms with Crippen molar-refractivity contribution >= 4 is 11.9 Å². The molecule has 0 aliphatic carbocycles. The molecule has 0 saturated carbocycles. The third kappa shape index (κ3) is 4.68. The molecular formula is C13H18N2O2. The van der Waals surface area contributed by atoms with Crippen LogP contribution in [0.3, 0.4) is 0 Å². The molecule has 0 radical (unpaired) electrons. The van der Waals surface area contributed by atoms with E-state index < -0.39 is 11.7 Å². The van der Waals surface area contributed by atoms with Crippen LogP contribution in [0.2, 0.25) is 0 Å². The van der Waals surface area contributed by atoms with Crippen LogP contribution in [0.5, 0.6) is 0 Å². The second-order valence-corrected chi connectivity index (χ2v) is 4.63. The van der Waals surface area contributed by atoms with Crippen LogP contribution >= 0.6 is 0 Å². The third-order valence-electron chi connectivity index (χ3n) is 1.87. The summed E-state index contributed by atoms with van der Waals surface area (Å²) >= 11 is 0. The van der Waals surface area contributed by atoms with Gasteiger partial charge >= 0.3 is 6.09 Å². The van der Waals surface area contributed by atoms with Crippen molar-refractivity contribution in [3.63, 3.8) is 0 Å². The van der Waals surface area contributed by atoms with Crippen LogP contribution in [0.25, 0.3) is 0 Å². The molecule has 0 aliphatic rings. The van der Waals surface area contributed by atoms with E-state index in [9.17, 15) is 4.79 Å². The average molecular weight is 234 g/mol. The summed E-state index contributed by atoms with van der Waals surface area (Å²) in [4.78, 5) is 15.7. The zero-order valence-electron chi connectivity index (χ0n) is 10.5. The monoisotopic (exact) mass is 234 g/mol. The van der Waals surface area contributed by atoms with Crippen molar-refractivity contribution in [2.24, 2.45) is 0 Å². The van der Waals surface area contributed by atoms with E-state index in [1.165, 1.54) is 0 Å². The highest BCUT2D eigenvalue weighted by Crippen LogP contribution is 2.14. The van der Waals surface area contributed by atoms with Crippen molar-refractivity contribution in [2.75, 3.05) is 5.32 Å². The highest BCUT2D eigenvalue weighted by atomic mass is 16.6. The summed E-state index contributed by atoms with van der Waals surface area (Å²) in [7, 11) is 0. The lowest BCUT2D eigenvalue weighted by Crippen LogP contribution is -2.27. The van der Waals surface area contributed by atoms with E-state index in [0.717, 1.165) is 5.56 Å². The molecule has 1 aromatic heterocycles. The molecular weight excluding hydrogens is 216 g/mol. The third-order valence-corrected chi connectivity index (χ3v) is 1.87. The van der Waals surface area contributed by atoms with E-state index in [1.54, 1.807) is 12.3 Å². The van der Waals surface area contributed by atoms with Gasteiger partial charge in [-0.05, 0) is 38.8 Å². The van der Waals surface area contributed by atoms with Gasteiger partial charge in [-0.2, -0.15) is 0 Å². The Balaban J connectivity index is 2.74. The standard InChI is InChI=1S/C13H18N2O2/c1-5-7-10-8-6-9-14-11(10)15-12(16)17-13(2,3)4/h5-6,8-9H,1,7H2,2-4H3,(H,14,15,16). The Morgan fingerprint density at radius 2 is 2.29 bits per heavy atom. The highest BCUT2D eigenvalue weighted by molar-refractivity contribution is 5.84. The molecule has 17 heavy (non-hydrogen) atoms. The number of hydrogen-bond acceptors (Lipinski definition) is 3. The van der Waals surface area contributed by atoms with Crippen LogP contribution < -0.4 is 5.32 Å². The predicted molar refractivity (Wildman–Crippen MR) is 68.0 cm³/mol. The van der Waals surface area contributed by atoms with Crippen LogP contribution in [0.1, 0.15) is 26.3 Å². The quantitative estimate of drug-likeness (QED) is 0.817. The van der Waals surface area contributed by atoms with E-state index in [1.807, 2.05) is 32.9 Å². The Morgan fingerprint density at radius 1 is 1.59 bits per heavy atom. The fourth-order valence-corrected chi connectivity index (χ4v) is 1.27. The Morgan fingerprint density at radius 3 is 2.88 bits per heavy atom. The van der Waals surface area contributed by atoms with Gasteiger partial charge in [-0.1, -0.05) is 12.1 Å². The largest absolute Gasteiger partial charge is 0.444 e. The van der Waals surface area contributed by atoms with Crippen molar-refractivity contribution in [1.29, 1.82) is 0 Å². The number of ether oxygens (including phenoxy) is 1. The molecule has 0 atom stereocenters. The molecule has 0 saturated heterocycles. The molecule has 0 aliphatic heterocycles. The lowest BCUT2D eigenvalue weighted by Gasteiger charge is -2.19. The molecule has 4 heteroatoms. The first-order valence-corrected chi connectivity index (χ1v) is 5.47. The fraction of sp³-hybridized carbons (Fsp3) is 0.385. The topological polar surface area (TPSA) is 51.2 Å². The molecule has 1 aromatic rings. The number of hydrogen-bond donors (Lipinski definition) is 1. The molecule has 92 valence electrons. The summed E-state index contributed by atoms with van der Waals surface area (Å²) in [6.07, 6.45) is 3.54. The lowest BCUT2D eigenvalue weighted by molar-refractivity contribution is 0.0635. The number of aromatic nitrogens is 1. The van der Waals surface area contributed by atoms with Gasteiger partial charge in [0.15, 0.2) is 0 Å². The van der Waals surface area contributed by atoms with Crippen LogP contribution in [-0.2, 0) is 11.2 Å². The van der Waals surface area contributed by atoms with Crippen LogP contribution in [-0.4, -0.2) is 16.7 Å². The molecule has 4 nitrogen and oxygen atoms in total. The van der Waals surface area contributed by atoms with Gasteiger partial charge in [-0.15, -0.1) is 6.58 Å². The number of allylic oxidation sites excluding steroid dienone is 1. The minimum Gasteiger partial charge on any atom is -0.444 e. The second kappa shape index (κ2) is 5.48. The van der Waals surface area contributed by atoms with Crippen molar-refractivity contribution in [2.45, 2.75) is 32.8 Å². The molecule has 0 bridgehead atoms. The van der Waals surface area contributed by atoms with Crippen LogP contribution in [0.4, 0.5) is 10.6 Å².